The van der Waals surface area contributed by atoms with Gasteiger partial charge in [0.1, 0.15) is 11.8 Å². The molecule has 0 aromatic heterocycles. The van der Waals surface area contributed by atoms with E-state index in [0.717, 1.165) is 12.0 Å². The molecule has 2 fully saturated rings. The fourth-order valence-corrected chi connectivity index (χ4v) is 5.49. The zero-order valence-electron chi connectivity index (χ0n) is 16.4. The van der Waals surface area contributed by atoms with Crippen LogP contribution in [-0.4, -0.2) is 40.0 Å². The Morgan fingerprint density at radius 2 is 2.07 bits per heavy atom. The molecule has 2 heterocycles. The number of benzene rings is 2. The van der Waals surface area contributed by atoms with Crippen LogP contribution in [0, 0.1) is 0 Å². The summed E-state index contributed by atoms with van der Waals surface area (Å²) in [7, 11) is 0. The molecule has 5 nitrogen and oxygen atoms in total. The number of anilines is 1. The number of hydrogen-bond donors (Lipinski definition) is 1. The zero-order chi connectivity index (χ0) is 21.3. The smallest absolute Gasteiger partial charge is 0.387 e. The molecule has 2 amide bonds. The number of ether oxygens (including phenoxy) is 1. The van der Waals surface area contributed by atoms with E-state index in [0.29, 0.717) is 29.8 Å². The molecule has 0 radical (unpaired) electrons. The van der Waals surface area contributed by atoms with Gasteiger partial charge in [-0.25, -0.2) is 0 Å². The van der Waals surface area contributed by atoms with Crippen molar-refractivity contribution < 1.29 is 23.1 Å². The van der Waals surface area contributed by atoms with E-state index in [9.17, 15) is 18.4 Å². The fourth-order valence-electron chi connectivity index (χ4n) is 4.06. The van der Waals surface area contributed by atoms with Crippen molar-refractivity contribution in [1.82, 2.24) is 4.90 Å². The average molecular weight is 432 g/mol. The minimum Gasteiger partial charge on any atom is -0.435 e. The standard InChI is InChI=1S/C22H22F2N2O3S/c1-22-10-9-19(27)26(22)17(13-30-22)20(28)25-16-7-8-18(29-21(23)24)15(12-16)11-14-5-3-2-4-6-14/h2-8,12,17,21H,9-11,13H2,1H3,(H,25,28)/t17-,22+/m0/s1. The van der Waals surface area contributed by atoms with Gasteiger partial charge in [0.15, 0.2) is 0 Å². The first kappa shape index (κ1) is 20.7. The third-order valence-electron chi connectivity index (χ3n) is 5.53. The van der Waals surface area contributed by atoms with Crippen LogP contribution in [0.3, 0.4) is 0 Å². The van der Waals surface area contributed by atoms with Crippen LogP contribution < -0.4 is 10.1 Å². The maximum absolute atomic E-state index is 12.9. The molecule has 2 aromatic carbocycles. The molecule has 158 valence electrons. The normalized spacial score (nSPS) is 23.0. The molecule has 2 saturated heterocycles. The van der Waals surface area contributed by atoms with Crippen molar-refractivity contribution >= 4 is 29.3 Å². The topological polar surface area (TPSA) is 58.6 Å². The lowest BCUT2D eigenvalue weighted by atomic mass is 10.0. The highest BCUT2D eigenvalue weighted by Gasteiger charge is 2.52. The van der Waals surface area contributed by atoms with E-state index in [1.54, 1.807) is 22.7 Å². The lowest BCUT2D eigenvalue weighted by Gasteiger charge is -2.29. The van der Waals surface area contributed by atoms with Gasteiger partial charge in [-0.2, -0.15) is 8.78 Å². The summed E-state index contributed by atoms with van der Waals surface area (Å²) in [6, 6.07) is 13.5. The number of fused-ring (bicyclic) bond motifs is 1. The Balaban J connectivity index is 1.54. The van der Waals surface area contributed by atoms with Gasteiger partial charge in [-0.1, -0.05) is 30.3 Å². The average Bonchev–Trinajstić information content (AvgIpc) is 3.20. The summed E-state index contributed by atoms with van der Waals surface area (Å²) in [5.41, 5.74) is 1.96. The lowest BCUT2D eigenvalue weighted by molar-refractivity contribution is -0.135. The van der Waals surface area contributed by atoms with Crippen molar-refractivity contribution in [2.75, 3.05) is 11.1 Å². The first-order chi connectivity index (χ1) is 14.4. The summed E-state index contributed by atoms with van der Waals surface area (Å²) < 4.78 is 30.3. The number of hydrogen-bond acceptors (Lipinski definition) is 4. The maximum Gasteiger partial charge on any atom is 0.387 e. The van der Waals surface area contributed by atoms with Crippen LogP contribution in [0.4, 0.5) is 14.5 Å². The molecule has 0 saturated carbocycles. The van der Waals surface area contributed by atoms with E-state index < -0.39 is 12.7 Å². The van der Waals surface area contributed by atoms with Crippen LogP contribution in [0.25, 0.3) is 0 Å². The molecule has 1 N–H and O–H groups in total. The van der Waals surface area contributed by atoms with Gasteiger partial charge in [0.25, 0.3) is 0 Å². The van der Waals surface area contributed by atoms with Gasteiger partial charge in [-0.3, -0.25) is 9.59 Å². The molecule has 4 rings (SSSR count). The van der Waals surface area contributed by atoms with E-state index in [1.165, 1.54) is 12.1 Å². The van der Waals surface area contributed by atoms with E-state index in [1.807, 2.05) is 37.3 Å². The minimum atomic E-state index is -2.94. The summed E-state index contributed by atoms with van der Waals surface area (Å²) in [6.45, 7) is -0.945. The number of thioether (sulfide) groups is 1. The molecular weight excluding hydrogens is 410 g/mol. The van der Waals surface area contributed by atoms with Crippen molar-refractivity contribution in [3.8, 4) is 5.75 Å². The molecule has 2 aromatic rings. The van der Waals surface area contributed by atoms with Gasteiger partial charge in [-0.05, 0) is 37.1 Å². The van der Waals surface area contributed by atoms with E-state index in [2.05, 4.69) is 10.1 Å². The molecule has 0 spiro atoms. The quantitative estimate of drug-likeness (QED) is 0.741. The molecule has 30 heavy (non-hydrogen) atoms. The Kier molecular flexibility index (Phi) is 5.69. The van der Waals surface area contributed by atoms with Gasteiger partial charge in [0.05, 0.1) is 4.87 Å². The summed E-state index contributed by atoms with van der Waals surface area (Å²) in [5, 5.41) is 2.85. The Bertz CT molecular complexity index is 957. The Morgan fingerprint density at radius 1 is 1.30 bits per heavy atom. The molecule has 2 aliphatic rings. The Hall–Kier alpha value is -2.61. The number of carbonyl (C=O) groups excluding carboxylic acids is 2. The Labute approximate surface area is 177 Å². The number of alkyl halides is 2. The van der Waals surface area contributed by atoms with Gasteiger partial charge in [-0.15, -0.1) is 11.8 Å². The third-order valence-corrected chi connectivity index (χ3v) is 7.03. The number of carbonyl (C=O) groups is 2. The zero-order valence-corrected chi connectivity index (χ0v) is 17.3. The summed E-state index contributed by atoms with van der Waals surface area (Å²) in [5.74, 6) is 0.339. The highest BCUT2D eigenvalue weighted by molar-refractivity contribution is 8.01. The molecule has 8 heteroatoms. The molecule has 2 aliphatic heterocycles. The van der Waals surface area contributed by atoms with Gasteiger partial charge >= 0.3 is 6.61 Å². The third kappa shape index (κ3) is 4.14. The van der Waals surface area contributed by atoms with Crippen LogP contribution in [0.2, 0.25) is 0 Å². The maximum atomic E-state index is 12.9. The van der Waals surface area contributed by atoms with Crippen molar-refractivity contribution in [2.45, 2.75) is 43.7 Å². The second-order valence-corrected chi connectivity index (χ2v) is 9.12. The number of amides is 2. The second-order valence-electron chi connectivity index (χ2n) is 7.62. The highest BCUT2D eigenvalue weighted by atomic mass is 32.2. The lowest BCUT2D eigenvalue weighted by Crippen LogP contribution is -2.48. The number of nitrogens with one attached hydrogen (secondary N) is 1. The Morgan fingerprint density at radius 3 is 2.80 bits per heavy atom. The van der Waals surface area contributed by atoms with Crippen LogP contribution in [0.1, 0.15) is 30.9 Å². The van der Waals surface area contributed by atoms with Crippen LogP contribution >= 0.6 is 11.8 Å². The largest absolute Gasteiger partial charge is 0.435 e. The predicted molar refractivity (Wildman–Crippen MR) is 112 cm³/mol. The van der Waals surface area contributed by atoms with Crippen LogP contribution in [0.15, 0.2) is 48.5 Å². The SMILES string of the molecule is C[C@@]12CCC(=O)N1[C@H](C(=O)Nc1ccc(OC(F)F)c(Cc3ccccc3)c1)CS2. The first-order valence-corrected chi connectivity index (χ1v) is 10.7. The van der Waals surface area contributed by atoms with E-state index >= 15 is 0 Å². The van der Waals surface area contributed by atoms with Crippen molar-refractivity contribution in [3.05, 3.63) is 59.7 Å². The fraction of sp³-hybridized carbons (Fsp3) is 0.364. The molecular formula is C22H22F2N2O3S. The highest BCUT2D eigenvalue weighted by Crippen LogP contribution is 2.47. The van der Waals surface area contributed by atoms with Crippen molar-refractivity contribution in [3.63, 3.8) is 0 Å². The van der Waals surface area contributed by atoms with Crippen LogP contribution in [-0.2, 0) is 16.0 Å². The molecule has 2 atom stereocenters. The van der Waals surface area contributed by atoms with E-state index in [4.69, 9.17) is 0 Å². The molecule has 0 unspecified atom stereocenters. The summed E-state index contributed by atoms with van der Waals surface area (Å²) in [6.07, 6.45) is 1.57. The monoisotopic (exact) mass is 432 g/mol. The summed E-state index contributed by atoms with van der Waals surface area (Å²) in [4.78, 5) is 26.5. The first-order valence-electron chi connectivity index (χ1n) is 9.74. The predicted octanol–water partition coefficient (Wildman–Crippen LogP) is 4.27. The van der Waals surface area contributed by atoms with Gasteiger partial charge < -0.3 is 15.0 Å². The van der Waals surface area contributed by atoms with Gasteiger partial charge in [0.2, 0.25) is 11.8 Å². The van der Waals surface area contributed by atoms with Crippen molar-refractivity contribution in [1.29, 1.82) is 0 Å². The van der Waals surface area contributed by atoms with Crippen molar-refractivity contribution in [2.24, 2.45) is 0 Å². The molecule has 0 aliphatic carbocycles. The number of halogens is 2. The van der Waals surface area contributed by atoms with Gasteiger partial charge in [0, 0.05) is 29.8 Å². The number of rotatable bonds is 6. The second kappa shape index (κ2) is 8.26. The van der Waals surface area contributed by atoms with Crippen LogP contribution in [0.5, 0.6) is 5.75 Å². The summed E-state index contributed by atoms with van der Waals surface area (Å²) >= 11 is 1.62. The number of nitrogens with zero attached hydrogens (tertiary/aromatic N) is 1. The van der Waals surface area contributed by atoms with E-state index in [-0.39, 0.29) is 22.4 Å². The molecule has 0 bridgehead atoms. The minimum absolute atomic E-state index is 0.00639.